The highest BCUT2D eigenvalue weighted by molar-refractivity contribution is 5.85. The average Bonchev–Trinajstić information content (AvgIpc) is 2.98. The number of hydrogen-bond donors (Lipinski definition) is 2. The summed E-state index contributed by atoms with van der Waals surface area (Å²) in [5.74, 6) is 0.438. The number of aromatic nitrogens is 1. The van der Waals surface area contributed by atoms with E-state index in [1.54, 1.807) is 0 Å². The van der Waals surface area contributed by atoms with Crippen molar-refractivity contribution in [1.82, 2.24) is 10.3 Å². The Hall–Kier alpha value is -2.01. The molecular formula is C18H26N2O3. The molecule has 0 amide bonds. The Morgan fingerprint density at radius 2 is 2.00 bits per heavy atom. The molecule has 0 aliphatic rings. The van der Waals surface area contributed by atoms with Crippen LogP contribution in [0.5, 0.6) is 5.75 Å². The number of rotatable bonds is 8. The van der Waals surface area contributed by atoms with Gasteiger partial charge in [0.15, 0.2) is 0 Å². The van der Waals surface area contributed by atoms with E-state index in [1.165, 1.54) is 0 Å². The Labute approximate surface area is 137 Å². The van der Waals surface area contributed by atoms with E-state index in [0.717, 1.165) is 16.7 Å². The zero-order valence-corrected chi connectivity index (χ0v) is 14.3. The largest absolute Gasteiger partial charge is 0.489 e. The molecule has 126 valence electrons. The van der Waals surface area contributed by atoms with Gasteiger partial charge in [0.1, 0.15) is 18.5 Å². The van der Waals surface area contributed by atoms with Gasteiger partial charge in [0.05, 0.1) is 5.92 Å². The third-order valence-electron chi connectivity index (χ3n) is 3.49. The maximum Gasteiger partial charge on any atom is 0.308 e. The van der Waals surface area contributed by atoms with Crippen molar-refractivity contribution in [1.29, 1.82) is 0 Å². The van der Waals surface area contributed by atoms with Crippen LogP contribution in [-0.2, 0) is 9.53 Å². The van der Waals surface area contributed by atoms with E-state index < -0.39 is 0 Å². The third-order valence-corrected chi connectivity index (χ3v) is 3.49. The Kier molecular flexibility index (Phi) is 6.04. The molecule has 0 fully saturated rings. The van der Waals surface area contributed by atoms with E-state index in [-0.39, 0.29) is 18.0 Å². The van der Waals surface area contributed by atoms with Gasteiger partial charge in [-0.2, -0.15) is 0 Å². The van der Waals surface area contributed by atoms with Gasteiger partial charge in [-0.05, 0) is 18.2 Å². The molecule has 2 rings (SSSR count). The molecule has 0 saturated heterocycles. The first-order valence-corrected chi connectivity index (χ1v) is 8.10. The molecule has 0 radical (unpaired) electrons. The van der Waals surface area contributed by atoms with Gasteiger partial charge in [-0.3, -0.25) is 4.79 Å². The highest BCUT2D eigenvalue weighted by atomic mass is 16.6. The molecule has 1 unspecified atom stereocenters. The van der Waals surface area contributed by atoms with Gasteiger partial charge in [0, 0.05) is 29.7 Å². The summed E-state index contributed by atoms with van der Waals surface area (Å²) < 4.78 is 11.5. The molecule has 0 saturated carbocycles. The lowest BCUT2D eigenvalue weighted by atomic mass is 10.2. The number of ether oxygens (including phenoxy) is 2. The molecule has 5 nitrogen and oxygen atoms in total. The van der Waals surface area contributed by atoms with Crippen molar-refractivity contribution < 1.29 is 14.3 Å². The van der Waals surface area contributed by atoms with E-state index in [1.807, 2.05) is 44.3 Å². The highest BCUT2D eigenvalue weighted by Gasteiger charge is 2.18. The molecule has 0 spiro atoms. The molecule has 1 aromatic carbocycles. The van der Waals surface area contributed by atoms with Crippen molar-refractivity contribution in [3.63, 3.8) is 0 Å². The van der Waals surface area contributed by atoms with Gasteiger partial charge >= 0.3 is 5.97 Å². The lowest BCUT2D eigenvalue weighted by Crippen LogP contribution is -2.39. The molecule has 5 heteroatoms. The number of nitrogens with one attached hydrogen (secondary N) is 2. The molecule has 1 aromatic heterocycles. The van der Waals surface area contributed by atoms with Crippen molar-refractivity contribution in [2.45, 2.75) is 39.8 Å². The second-order valence-electron chi connectivity index (χ2n) is 6.28. The average molecular weight is 318 g/mol. The van der Waals surface area contributed by atoms with Crippen LogP contribution in [0.3, 0.4) is 0 Å². The number of H-pyrrole nitrogens is 1. The van der Waals surface area contributed by atoms with Gasteiger partial charge in [-0.1, -0.05) is 33.8 Å². The number of fused-ring (bicyclic) bond motifs is 1. The van der Waals surface area contributed by atoms with Crippen LogP contribution in [0.1, 0.15) is 27.7 Å². The van der Waals surface area contributed by atoms with Crippen LogP contribution in [-0.4, -0.2) is 36.3 Å². The minimum atomic E-state index is -0.318. The van der Waals surface area contributed by atoms with Crippen LogP contribution < -0.4 is 10.1 Å². The van der Waals surface area contributed by atoms with Crippen molar-refractivity contribution in [2.75, 3.05) is 13.2 Å². The van der Waals surface area contributed by atoms with Gasteiger partial charge < -0.3 is 19.8 Å². The zero-order valence-electron chi connectivity index (χ0n) is 14.3. The fourth-order valence-corrected chi connectivity index (χ4v) is 2.17. The van der Waals surface area contributed by atoms with Crippen LogP contribution in [0.2, 0.25) is 0 Å². The SMILES string of the molecule is CC(C)NCC(COc1cccc2[nH]ccc12)OC(=O)C(C)C. The number of carbonyl (C=O) groups is 1. The summed E-state index contributed by atoms with van der Waals surface area (Å²) in [7, 11) is 0. The highest BCUT2D eigenvalue weighted by Crippen LogP contribution is 2.24. The standard InChI is InChI=1S/C18H26N2O3/c1-12(2)18(21)23-14(10-20-13(3)4)11-22-17-7-5-6-16-15(17)8-9-19-16/h5-9,12-14,19-20H,10-11H2,1-4H3. The van der Waals surface area contributed by atoms with Crippen LogP contribution in [0.15, 0.2) is 30.5 Å². The Morgan fingerprint density at radius 1 is 1.22 bits per heavy atom. The minimum absolute atomic E-state index is 0.148. The third kappa shape index (κ3) is 4.99. The molecule has 0 bridgehead atoms. The number of aromatic amines is 1. The molecule has 1 atom stereocenters. The van der Waals surface area contributed by atoms with Crippen molar-refractivity contribution >= 4 is 16.9 Å². The normalized spacial score (nSPS) is 12.8. The Morgan fingerprint density at radius 3 is 2.70 bits per heavy atom. The van der Waals surface area contributed by atoms with Crippen molar-refractivity contribution in [2.24, 2.45) is 5.92 Å². The first-order chi connectivity index (χ1) is 11.0. The van der Waals surface area contributed by atoms with E-state index in [4.69, 9.17) is 9.47 Å². The second kappa shape index (κ2) is 8.02. The summed E-state index contributed by atoms with van der Waals surface area (Å²) in [5, 5.41) is 4.32. The van der Waals surface area contributed by atoms with Crippen LogP contribution >= 0.6 is 0 Å². The Bertz CT molecular complexity index is 634. The van der Waals surface area contributed by atoms with E-state index in [9.17, 15) is 4.79 Å². The Balaban J connectivity index is 2.01. The molecule has 0 aliphatic carbocycles. The first-order valence-electron chi connectivity index (χ1n) is 8.10. The van der Waals surface area contributed by atoms with Gasteiger partial charge in [0.2, 0.25) is 0 Å². The van der Waals surface area contributed by atoms with Gasteiger partial charge in [0.25, 0.3) is 0 Å². The van der Waals surface area contributed by atoms with Crippen molar-refractivity contribution in [3.8, 4) is 5.75 Å². The summed E-state index contributed by atoms with van der Waals surface area (Å²) >= 11 is 0. The quantitative estimate of drug-likeness (QED) is 0.734. The van der Waals surface area contributed by atoms with E-state index >= 15 is 0 Å². The molecular weight excluding hydrogens is 292 g/mol. The fraction of sp³-hybridized carbons (Fsp3) is 0.500. The zero-order chi connectivity index (χ0) is 16.8. The maximum atomic E-state index is 11.9. The monoisotopic (exact) mass is 318 g/mol. The summed E-state index contributed by atoms with van der Waals surface area (Å²) in [6.07, 6.45) is 1.56. The molecule has 23 heavy (non-hydrogen) atoms. The van der Waals surface area contributed by atoms with Crippen molar-refractivity contribution in [3.05, 3.63) is 30.5 Å². The number of esters is 1. The molecule has 2 N–H and O–H groups in total. The second-order valence-corrected chi connectivity index (χ2v) is 6.28. The molecule has 1 heterocycles. The van der Waals surface area contributed by atoms with Gasteiger partial charge in [-0.25, -0.2) is 0 Å². The summed E-state index contributed by atoms with van der Waals surface area (Å²) in [4.78, 5) is 15.0. The maximum absolute atomic E-state index is 11.9. The summed E-state index contributed by atoms with van der Waals surface area (Å²) in [5.41, 5.74) is 1.03. The predicted octanol–water partition coefficient (Wildman–Crippen LogP) is 3.11. The van der Waals surface area contributed by atoms with Crippen LogP contribution in [0.25, 0.3) is 10.9 Å². The van der Waals surface area contributed by atoms with E-state index in [2.05, 4.69) is 24.1 Å². The summed E-state index contributed by atoms with van der Waals surface area (Å²) in [6.45, 7) is 8.67. The number of hydrogen-bond acceptors (Lipinski definition) is 4. The van der Waals surface area contributed by atoms with Gasteiger partial charge in [-0.15, -0.1) is 0 Å². The molecule has 2 aromatic rings. The van der Waals surface area contributed by atoms with Crippen LogP contribution in [0.4, 0.5) is 0 Å². The topological polar surface area (TPSA) is 63.4 Å². The fourth-order valence-electron chi connectivity index (χ4n) is 2.17. The smallest absolute Gasteiger partial charge is 0.308 e. The summed E-state index contributed by atoms with van der Waals surface area (Å²) in [6, 6.07) is 8.16. The lowest BCUT2D eigenvalue weighted by molar-refractivity contribution is -0.154. The first kappa shape index (κ1) is 17.3. The predicted molar refractivity (Wildman–Crippen MR) is 91.7 cm³/mol. The lowest BCUT2D eigenvalue weighted by Gasteiger charge is -2.21. The van der Waals surface area contributed by atoms with Crippen LogP contribution in [0, 0.1) is 5.92 Å². The van der Waals surface area contributed by atoms with E-state index in [0.29, 0.717) is 19.2 Å². The number of carbonyl (C=O) groups excluding carboxylic acids is 1. The minimum Gasteiger partial charge on any atom is -0.489 e. The number of benzene rings is 1. The molecule has 0 aliphatic heterocycles.